The van der Waals surface area contributed by atoms with Crippen molar-refractivity contribution in [2.45, 2.75) is 30.8 Å². The molecule has 210 valence electrons. The van der Waals surface area contributed by atoms with Gasteiger partial charge in [0.1, 0.15) is 10.7 Å². The smallest absolute Gasteiger partial charge is 0.273 e. The van der Waals surface area contributed by atoms with Gasteiger partial charge in [0.2, 0.25) is 5.82 Å². The van der Waals surface area contributed by atoms with Crippen molar-refractivity contribution in [3.05, 3.63) is 136 Å². The third-order valence-corrected chi connectivity index (χ3v) is 8.82. The normalized spacial score (nSPS) is 11.1. The first kappa shape index (κ1) is 27.7. The van der Waals surface area contributed by atoms with Gasteiger partial charge in [-0.05, 0) is 48.2 Å². The number of hydrogen-bond acceptors (Lipinski definition) is 7. The Morgan fingerprint density at radius 2 is 1.64 bits per heavy atom. The van der Waals surface area contributed by atoms with Crippen molar-refractivity contribution >= 4 is 29.0 Å². The van der Waals surface area contributed by atoms with Crippen LogP contribution in [0.1, 0.15) is 32.2 Å². The summed E-state index contributed by atoms with van der Waals surface area (Å²) < 4.78 is 7.67. The summed E-state index contributed by atoms with van der Waals surface area (Å²) in [7, 11) is 0. The van der Waals surface area contributed by atoms with Crippen LogP contribution in [0, 0.1) is 6.92 Å². The minimum absolute atomic E-state index is 0.0644. The summed E-state index contributed by atoms with van der Waals surface area (Å²) in [6.07, 6.45) is 2.41. The molecule has 0 N–H and O–H groups in total. The molecule has 42 heavy (non-hydrogen) atoms. The first-order valence-electron chi connectivity index (χ1n) is 13.7. The van der Waals surface area contributed by atoms with E-state index in [9.17, 15) is 4.79 Å². The largest absolute Gasteiger partial charge is 0.461 e. The second-order valence-corrected chi connectivity index (χ2v) is 11.7. The predicted molar refractivity (Wildman–Crippen MR) is 167 cm³/mol. The van der Waals surface area contributed by atoms with Crippen LogP contribution in [0.3, 0.4) is 0 Å². The number of nitrogens with zero attached hydrogens (tertiary/aromatic N) is 5. The van der Waals surface area contributed by atoms with E-state index in [1.165, 1.54) is 28.7 Å². The Labute approximate surface area is 252 Å². The van der Waals surface area contributed by atoms with Crippen molar-refractivity contribution in [3.63, 3.8) is 0 Å². The average Bonchev–Trinajstić information content (AvgIpc) is 3.81. The van der Waals surface area contributed by atoms with E-state index >= 15 is 0 Å². The highest BCUT2D eigenvalue weighted by Gasteiger charge is 2.22. The highest BCUT2D eigenvalue weighted by atomic mass is 32.2. The van der Waals surface area contributed by atoms with Gasteiger partial charge in [-0.1, -0.05) is 90.6 Å². The molecule has 0 aliphatic rings. The molecule has 3 heterocycles. The summed E-state index contributed by atoms with van der Waals surface area (Å²) >= 11 is 3.03. The molecule has 6 rings (SSSR count). The number of thioether (sulfide) groups is 1. The zero-order valence-electron chi connectivity index (χ0n) is 23.1. The average molecular weight is 592 g/mol. The van der Waals surface area contributed by atoms with Crippen molar-refractivity contribution in [1.82, 2.24) is 24.6 Å². The Balaban J connectivity index is 1.20. The van der Waals surface area contributed by atoms with Gasteiger partial charge in [-0.25, -0.2) is 4.98 Å². The monoisotopic (exact) mass is 591 g/mol. The fourth-order valence-corrected chi connectivity index (χ4v) is 6.42. The molecule has 3 aromatic carbocycles. The molecule has 6 aromatic rings. The van der Waals surface area contributed by atoms with Gasteiger partial charge in [0.25, 0.3) is 5.91 Å². The maximum Gasteiger partial charge on any atom is 0.273 e. The van der Waals surface area contributed by atoms with Crippen LogP contribution >= 0.6 is 23.1 Å². The molecular formula is C33H29N5O2S2. The van der Waals surface area contributed by atoms with E-state index in [4.69, 9.17) is 9.40 Å². The van der Waals surface area contributed by atoms with Crippen LogP contribution in [0.4, 0.5) is 0 Å². The van der Waals surface area contributed by atoms with E-state index in [2.05, 4.69) is 35.3 Å². The number of furan rings is 1. The van der Waals surface area contributed by atoms with Crippen LogP contribution < -0.4 is 0 Å². The second kappa shape index (κ2) is 13.0. The Hall–Kier alpha value is -4.47. The summed E-state index contributed by atoms with van der Waals surface area (Å²) in [6, 6.07) is 32.2. The summed E-state index contributed by atoms with van der Waals surface area (Å²) in [6.45, 7) is 3.20. The molecule has 0 aliphatic carbocycles. The van der Waals surface area contributed by atoms with Gasteiger partial charge < -0.3 is 9.32 Å². The summed E-state index contributed by atoms with van der Waals surface area (Å²) in [5.41, 5.74) is 4.85. The fourth-order valence-electron chi connectivity index (χ4n) is 4.69. The predicted octanol–water partition coefficient (Wildman–Crippen LogP) is 7.47. The number of para-hydroxylation sites is 1. The van der Waals surface area contributed by atoms with Crippen molar-refractivity contribution in [3.8, 4) is 17.3 Å². The van der Waals surface area contributed by atoms with Gasteiger partial charge in [0, 0.05) is 18.5 Å². The van der Waals surface area contributed by atoms with Gasteiger partial charge in [0.15, 0.2) is 10.9 Å². The van der Waals surface area contributed by atoms with E-state index < -0.39 is 0 Å². The molecule has 0 fully saturated rings. The van der Waals surface area contributed by atoms with Gasteiger partial charge >= 0.3 is 0 Å². The quantitative estimate of drug-likeness (QED) is 0.146. The first-order valence-corrected chi connectivity index (χ1v) is 15.5. The maximum atomic E-state index is 13.7. The number of rotatable bonds is 11. The van der Waals surface area contributed by atoms with Crippen molar-refractivity contribution in [1.29, 1.82) is 0 Å². The molecule has 3 aromatic heterocycles. The minimum atomic E-state index is -0.0644. The number of amides is 1. The molecule has 0 saturated carbocycles. The highest BCUT2D eigenvalue weighted by Crippen LogP contribution is 2.32. The molecule has 0 unspecified atom stereocenters. The number of hydrogen-bond donors (Lipinski definition) is 0. The van der Waals surface area contributed by atoms with Crippen molar-refractivity contribution < 1.29 is 9.21 Å². The van der Waals surface area contributed by atoms with E-state index in [0.717, 1.165) is 33.4 Å². The van der Waals surface area contributed by atoms with Crippen molar-refractivity contribution in [2.75, 3.05) is 6.54 Å². The molecule has 9 heteroatoms. The number of thiazole rings is 1. The van der Waals surface area contributed by atoms with Crippen LogP contribution in [0.5, 0.6) is 0 Å². The minimum Gasteiger partial charge on any atom is -0.461 e. The van der Waals surface area contributed by atoms with Gasteiger partial charge in [0.05, 0.1) is 17.7 Å². The Morgan fingerprint density at radius 3 is 2.38 bits per heavy atom. The molecule has 0 atom stereocenters. The Bertz CT molecular complexity index is 1750. The third kappa shape index (κ3) is 6.37. The second-order valence-electron chi connectivity index (χ2n) is 9.77. The fraction of sp³-hybridized carbons (Fsp3) is 0.152. The Kier molecular flexibility index (Phi) is 8.58. The van der Waals surface area contributed by atoms with E-state index in [-0.39, 0.29) is 5.91 Å². The lowest BCUT2D eigenvalue weighted by atomic mass is 10.1. The van der Waals surface area contributed by atoms with Gasteiger partial charge in [-0.3, -0.25) is 9.36 Å². The van der Waals surface area contributed by atoms with E-state index in [0.29, 0.717) is 36.1 Å². The van der Waals surface area contributed by atoms with Crippen LogP contribution in [-0.4, -0.2) is 37.1 Å². The Morgan fingerprint density at radius 1 is 0.905 bits per heavy atom. The molecule has 1 amide bonds. The molecule has 0 aliphatic heterocycles. The van der Waals surface area contributed by atoms with E-state index in [1.807, 2.05) is 93.7 Å². The molecular weight excluding hydrogens is 563 g/mol. The molecule has 0 radical (unpaired) electrons. The standard InChI is InChI=1S/C33H29N5O2S2/c1-24-11-8-9-16-28(24)38-31(29-17-10-20-40-29)35-36-33(38)42-23-30-34-27(22-41-30)32(39)37(21-26-14-6-3-7-15-26)19-18-25-12-4-2-5-13-25/h2-17,20,22H,18-19,21,23H2,1H3. The molecule has 0 spiro atoms. The van der Waals surface area contributed by atoms with Gasteiger partial charge in [-0.2, -0.15) is 0 Å². The maximum absolute atomic E-state index is 13.7. The topological polar surface area (TPSA) is 77.1 Å². The molecule has 7 nitrogen and oxygen atoms in total. The lowest BCUT2D eigenvalue weighted by molar-refractivity contribution is 0.0740. The first-order chi connectivity index (χ1) is 20.7. The highest BCUT2D eigenvalue weighted by molar-refractivity contribution is 7.98. The molecule has 0 saturated heterocycles. The summed E-state index contributed by atoms with van der Waals surface area (Å²) in [5, 5.41) is 12.4. The van der Waals surface area contributed by atoms with Crippen LogP contribution in [0.15, 0.2) is 118 Å². The zero-order chi connectivity index (χ0) is 28.7. The molecule has 0 bridgehead atoms. The lowest BCUT2D eigenvalue weighted by Crippen LogP contribution is -2.32. The number of carbonyl (C=O) groups excluding carboxylic acids is 1. The van der Waals surface area contributed by atoms with Crippen LogP contribution in [-0.2, 0) is 18.7 Å². The number of aromatic nitrogens is 4. The van der Waals surface area contributed by atoms with Crippen molar-refractivity contribution in [2.24, 2.45) is 0 Å². The SMILES string of the molecule is Cc1ccccc1-n1c(SCc2nc(C(=O)N(CCc3ccccc3)Cc3ccccc3)cs2)nnc1-c1ccco1. The lowest BCUT2D eigenvalue weighted by Gasteiger charge is -2.22. The van der Waals surface area contributed by atoms with E-state index in [1.54, 1.807) is 6.26 Å². The number of benzene rings is 3. The number of carbonyl (C=O) groups is 1. The summed E-state index contributed by atoms with van der Waals surface area (Å²) in [4.78, 5) is 20.3. The van der Waals surface area contributed by atoms with Gasteiger partial charge in [-0.15, -0.1) is 21.5 Å². The van der Waals surface area contributed by atoms with Crippen LogP contribution in [0.25, 0.3) is 17.3 Å². The number of aryl methyl sites for hydroxylation is 1. The summed E-state index contributed by atoms with van der Waals surface area (Å²) in [5.74, 6) is 1.78. The third-order valence-electron chi connectivity index (χ3n) is 6.84. The zero-order valence-corrected chi connectivity index (χ0v) is 24.7. The van der Waals surface area contributed by atoms with Crippen LogP contribution in [0.2, 0.25) is 0 Å².